The highest BCUT2D eigenvalue weighted by molar-refractivity contribution is 6.04. The normalized spacial score (nSPS) is 16.1. The van der Waals surface area contributed by atoms with E-state index in [4.69, 9.17) is 0 Å². The van der Waals surface area contributed by atoms with Gasteiger partial charge in [-0.15, -0.1) is 5.10 Å². The van der Waals surface area contributed by atoms with Crippen LogP contribution in [0.5, 0.6) is 0 Å². The molecule has 9 heteroatoms. The molecule has 1 unspecified atom stereocenters. The molecule has 0 radical (unpaired) electrons. The van der Waals surface area contributed by atoms with Crippen LogP contribution in [0.3, 0.4) is 0 Å². The number of amides is 3. The molecule has 0 aliphatic carbocycles. The first-order valence-electron chi connectivity index (χ1n) is 11.5. The highest BCUT2D eigenvalue weighted by Crippen LogP contribution is 2.29. The van der Waals surface area contributed by atoms with Crippen LogP contribution in [0.25, 0.3) is 22.6 Å². The zero-order valence-electron chi connectivity index (χ0n) is 19.1. The first-order valence-corrected chi connectivity index (χ1v) is 11.5. The summed E-state index contributed by atoms with van der Waals surface area (Å²) in [6.07, 6.45) is 6.11. The third-order valence-corrected chi connectivity index (χ3v) is 5.95. The molecule has 33 heavy (non-hydrogen) atoms. The lowest BCUT2D eigenvalue weighted by atomic mass is 10.0. The third kappa shape index (κ3) is 4.76. The highest BCUT2D eigenvalue weighted by atomic mass is 16.2. The van der Waals surface area contributed by atoms with E-state index in [0.717, 1.165) is 48.1 Å². The zero-order valence-corrected chi connectivity index (χ0v) is 19.1. The number of carbonyl (C=O) groups is 2. The topological polar surface area (TPSA) is 108 Å². The standard InChI is InChI=1S/C24H29N7O2/c1-3-5-11-21-23(32)30(14-6-4-2)24(33)31(21)16-17-12-13-20(25-15-17)18-9-7-8-10-19(18)22-26-28-29-27-22/h7-10,12-13,15,21H,3-6,11,14,16H2,1-2H3,(H,26,27,28,29). The maximum Gasteiger partial charge on any atom is 0.327 e. The predicted octanol–water partition coefficient (Wildman–Crippen LogP) is 4.05. The van der Waals surface area contributed by atoms with Crippen molar-refractivity contribution >= 4 is 11.9 Å². The number of H-pyrrole nitrogens is 1. The summed E-state index contributed by atoms with van der Waals surface area (Å²) in [6, 6.07) is 11.1. The molecule has 0 bridgehead atoms. The van der Waals surface area contributed by atoms with Gasteiger partial charge in [-0.25, -0.2) is 9.89 Å². The Balaban J connectivity index is 1.55. The molecule has 1 N–H and O–H groups in total. The molecule has 1 aliphatic rings. The monoisotopic (exact) mass is 447 g/mol. The Kier molecular flexibility index (Phi) is 7.07. The molecule has 4 rings (SSSR count). The van der Waals surface area contributed by atoms with Gasteiger partial charge in [0, 0.05) is 30.4 Å². The first-order chi connectivity index (χ1) is 16.1. The Morgan fingerprint density at radius 3 is 2.45 bits per heavy atom. The van der Waals surface area contributed by atoms with E-state index in [1.165, 1.54) is 4.90 Å². The number of imide groups is 1. The number of unbranched alkanes of at least 4 members (excludes halogenated alkanes) is 2. The fourth-order valence-corrected chi connectivity index (χ4v) is 4.13. The molecule has 3 amide bonds. The fraction of sp³-hybridized carbons (Fsp3) is 0.417. The number of nitrogens with zero attached hydrogens (tertiary/aromatic N) is 6. The quantitative estimate of drug-likeness (QED) is 0.470. The molecule has 1 fully saturated rings. The molecular weight excluding hydrogens is 418 g/mol. The van der Waals surface area contributed by atoms with Gasteiger partial charge in [0.15, 0.2) is 5.82 Å². The largest absolute Gasteiger partial charge is 0.327 e. The van der Waals surface area contributed by atoms with Crippen molar-refractivity contribution in [1.29, 1.82) is 0 Å². The van der Waals surface area contributed by atoms with E-state index in [1.807, 2.05) is 36.4 Å². The molecule has 0 spiro atoms. The van der Waals surface area contributed by atoms with Crippen molar-refractivity contribution in [2.45, 2.75) is 58.5 Å². The average Bonchev–Trinajstić information content (AvgIpc) is 3.45. The fourth-order valence-electron chi connectivity index (χ4n) is 4.13. The molecule has 0 saturated carbocycles. The summed E-state index contributed by atoms with van der Waals surface area (Å²) >= 11 is 0. The number of tetrazole rings is 1. The van der Waals surface area contributed by atoms with Crippen LogP contribution < -0.4 is 0 Å². The second-order valence-corrected chi connectivity index (χ2v) is 8.26. The summed E-state index contributed by atoms with van der Waals surface area (Å²) < 4.78 is 0. The van der Waals surface area contributed by atoms with Gasteiger partial charge in [0.1, 0.15) is 6.04 Å². The molecule has 3 aromatic rings. The molecule has 1 atom stereocenters. The van der Waals surface area contributed by atoms with E-state index in [9.17, 15) is 9.59 Å². The van der Waals surface area contributed by atoms with Crippen LogP contribution in [-0.4, -0.2) is 59.9 Å². The maximum absolute atomic E-state index is 13.1. The third-order valence-electron chi connectivity index (χ3n) is 5.95. The SMILES string of the molecule is CCCCC1C(=O)N(CCCC)C(=O)N1Cc1ccc(-c2ccccc2-c2nnn[nH]2)nc1. The Bertz CT molecular complexity index is 1080. The summed E-state index contributed by atoms with van der Waals surface area (Å²) in [5, 5.41) is 14.1. The summed E-state index contributed by atoms with van der Waals surface area (Å²) in [5.74, 6) is 0.504. The number of hydrogen-bond donors (Lipinski definition) is 1. The molecule has 172 valence electrons. The van der Waals surface area contributed by atoms with E-state index >= 15 is 0 Å². The number of benzene rings is 1. The van der Waals surface area contributed by atoms with Crippen LogP contribution in [0.1, 0.15) is 51.5 Å². The van der Waals surface area contributed by atoms with Gasteiger partial charge in [-0.2, -0.15) is 0 Å². The van der Waals surface area contributed by atoms with Gasteiger partial charge >= 0.3 is 6.03 Å². The minimum atomic E-state index is -0.395. The van der Waals surface area contributed by atoms with Crippen LogP contribution in [0, 0.1) is 0 Å². The number of carbonyl (C=O) groups excluding carboxylic acids is 2. The summed E-state index contributed by atoms with van der Waals surface area (Å²) in [7, 11) is 0. The maximum atomic E-state index is 13.1. The van der Waals surface area contributed by atoms with Crippen LogP contribution >= 0.6 is 0 Å². The van der Waals surface area contributed by atoms with Crippen molar-refractivity contribution in [3.8, 4) is 22.6 Å². The van der Waals surface area contributed by atoms with Gasteiger partial charge in [0.2, 0.25) is 0 Å². The zero-order chi connectivity index (χ0) is 23.2. The lowest BCUT2D eigenvalue weighted by Gasteiger charge is -2.22. The Labute approximate surface area is 193 Å². The predicted molar refractivity (Wildman–Crippen MR) is 124 cm³/mol. The molecule has 3 heterocycles. The van der Waals surface area contributed by atoms with Crippen LogP contribution in [0.4, 0.5) is 4.79 Å². The van der Waals surface area contributed by atoms with Gasteiger partial charge in [-0.1, -0.05) is 63.4 Å². The highest BCUT2D eigenvalue weighted by Gasteiger charge is 2.43. The lowest BCUT2D eigenvalue weighted by molar-refractivity contribution is -0.128. The van der Waals surface area contributed by atoms with Gasteiger partial charge in [0.05, 0.1) is 5.69 Å². The van der Waals surface area contributed by atoms with E-state index in [1.54, 1.807) is 11.1 Å². The van der Waals surface area contributed by atoms with Gasteiger partial charge in [-0.3, -0.25) is 14.7 Å². The number of nitrogens with one attached hydrogen (secondary N) is 1. The van der Waals surface area contributed by atoms with Crippen molar-refractivity contribution < 1.29 is 9.59 Å². The van der Waals surface area contributed by atoms with Crippen molar-refractivity contribution in [2.75, 3.05) is 6.54 Å². The van der Waals surface area contributed by atoms with Crippen molar-refractivity contribution in [3.05, 3.63) is 48.2 Å². The minimum Gasteiger partial charge on any atom is -0.308 e. The summed E-state index contributed by atoms with van der Waals surface area (Å²) in [5.41, 5.74) is 3.43. The van der Waals surface area contributed by atoms with Gasteiger partial charge in [0.25, 0.3) is 5.91 Å². The van der Waals surface area contributed by atoms with E-state index < -0.39 is 6.04 Å². The molecular formula is C24H29N7O2. The number of urea groups is 1. The Morgan fingerprint density at radius 2 is 1.79 bits per heavy atom. The Morgan fingerprint density at radius 1 is 1.00 bits per heavy atom. The van der Waals surface area contributed by atoms with Crippen LogP contribution in [0.2, 0.25) is 0 Å². The van der Waals surface area contributed by atoms with Crippen LogP contribution in [-0.2, 0) is 11.3 Å². The van der Waals surface area contributed by atoms with Crippen molar-refractivity contribution in [2.24, 2.45) is 0 Å². The summed E-state index contributed by atoms with van der Waals surface area (Å²) in [6.45, 7) is 5.00. The van der Waals surface area contributed by atoms with Gasteiger partial charge < -0.3 is 4.90 Å². The minimum absolute atomic E-state index is 0.0685. The van der Waals surface area contributed by atoms with E-state index in [-0.39, 0.29) is 11.9 Å². The number of aromatic amines is 1. The molecule has 9 nitrogen and oxygen atoms in total. The number of rotatable bonds is 10. The van der Waals surface area contributed by atoms with E-state index in [2.05, 4.69) is 39.5 Å². The van der Waals surface area contributed by atoms with Crippen molar-refractivity contribution in [1.82, 2.24) is 35.4 Å². The molecule has 1 aliphatic heterocycles. The molecule has 1 aromatic carbocycles. The second kappa shape index (κ2) is 10.3. The second-order valence-electron chi connectivity index (χ2n) is 8.26. The summed E-state index contributed by atoms with van der Waals surface area (Å²) in [4.78, 5) is 33.8. The smallest absolute Gasteiger partial charge is 0.308 e. The number of aromatic nitrogens is 5. The number of hydrogen-bond acceptors (Lipinski definition) is 6. The average molecular weight is 448 g/mol. The van der Waals surface area contributed by atoms with E-state index in [0.29, 0.717) is 25.3 Å². The van der Waals surface area contributed by atoms with Crippen LogP contribution in [0.15, 0.2) is 42.6 Å². The lowest BCUT2D eigenvalue weighted by Crippen LogP contribution is -2.34. The van der Waals surface area contributed by atoms with Gasteiger partial charge in [-0.05, 0) is 34.9 Å². The molecule has 2 aromatic heterocycles. The molecule has 1 saturated heterocycles. The Hall–Kier alpha value is -3.62. The first kappa shape index (κ1) is 22.6. The van der Waals surface area contributed by atoms with Crippen molar-refractivity contribution in [3.63, 3.8) is 0 Å². The number of pyridine rings is 1.